The quantitative estimate of drug-likeness (QED) is 0.787. The Morgan fingerprint density at radius 2 is 1.71 bits per heavy atom. The highest BCUT2D eigenvalue weighted by atomic mass is 16.2. The highest BCUT2D eigenvalue weighted by Gasteiger charge is 2.14. The summed E-state index contributed by atoms with van der Waals surface area (Å²) in [6, 6.07) is 16.3. The number of nitrogens with one attached hydrogen (secondary N) is 1. The van der Waals surface area contributed by atoms with Crippen LogP contribution in [0.15, 0.2) is 64.2 Å². The summed E-state index contributed by atoms with van der Waals surface area (Å²) >= 11 is 0. The molecule has 0 aliphatic heterocycles. The normalized spacial score (nSPS) is 10.7. The zero-order valence-electron chi connectivity index (χ0n) is 13.2. The zero-order valence-corrected chi connectivity index (χ0v) is 13.2. The number of hydrogen-bond acceptors (Lipinski definition) is 3. The number of aromatic amines is 1. The lowest BCUT2D eigenvalue weighted by molar-refractivity contribution is -0.131. The molecule has 3 aromatic rings. The van der Waals surface area contributed by atoms with Crippen molar-refractivity contribution >= 4 is 16.8 Å². The van der Waals surface area contributed by atoms with Crippen LogP contribution in [-0.2, 0) is 17.9 Å². The van der Waals surface area contributed by atoms with E-state index in [0.717, 1.165) is 5.56 Å². The van der Waals surface area contributed by atoms with E-state index in [-0.39, 0.29) is 12.5 Å². The minimum absolute atomic E-state index is 0.126. The summed E-state index contributed by atoms with van der Waals surface area (Å²) in [6.45, 7) is 0.329. The molecular weight excluding hydrogens is 306 g/mol. The maximum absolute atomic E-state index is 12.5. The Morgan fingerprint density at radius 3 is 2.46 bits per heavy atom. The van der Waals surface area contributed by atoms with Gasteiger partial charge in [-0.3, -0.25) is 19.1 Å². The maximum atomic E-state index is 12.5. The van der Waals surface area contributed by atoms with Gasteiger partial charge in [-0.1, -0.05) is 42.5 Å². The molecule has 1 aromatic heterocycles. The van der Waals surface area contributed by atoms with Crippen LogP contribution in [0.2, 0.25) is 0 Å². The molecule has 1 heterocycles. The SMILES string of the molecule is CN(Cc1ccccc1)C(=O)Cn1c(=O)[nH]c(=O)c2ccccc21. The van der Waals surface area contributed by atoms with Gasteiger partial charge in [0.2, 0.25) is 5.91 Å². The number of carbonyl (C=O) groups excluding carboxylic acids is 1. The summed E-state index contributed by atoms with van der Waals surface area (Å²) in [5, 5.41) is 0.385. The first kappa shape index (κ1) is 15.7. The van der Waals surface area contributed by atoms with Gasteiger partial charge >= 0.3 is 5.69 Å². The molecule has 1 N–H and O–H groups in total. The largest absolute Gasteiger partial charge is 0.340 e. The van der Waals surface area contributed by atoms with Crippen LogP contribution in [0.3, 0.4) is 0 Å². The fourth-order valence-electron chi connectivity index (χ4n) is 2.60. The standard InChI is InChI=1S/C18H17N3O3/c1-20(11-13-7-3-2-4-8-13)16(22)12-21-15-10-6-5-9-14(15)17(23)19-18(21)24/h2-10H,11-12H2,1H3,(H,19,23,24). The van der Waals surface area contributed by atoms with E-state index in [9.17, 15) is 14.4 Å². The second-order valence-corrected chi connectivity index (χ2v) is 5.60. The lowest BCUT2D eigenvalue weighted by Crippen LogP contribution is -2.37. The lowest BCUT2D eigenvalue weighted by Gasteiger charge is -2.18. The predicted octanol–water partition coefficient (Wildman–Crippen LogP) is 1.35. The number of carbonyl (C=O) groups is 1. The molecule has 0 fully saturated rings. The topological polar surface area (TPSA) is 75.2 Å². The van der Waals surface area contributed by atoms with Crippen LogP contribution in [0.4, 0.5) is 0 Å². The average Bonchev–Trinajstić information content (AvgIpc) is 2.59. The number of fused-ring (bicyclic) bond motifs is 1. The molecule has 6 heteroatoms. The van der Waals surface area contributed by atoms with E-state index in [0.29, 0.717) is 17.4 Å². The van der Waals surface area contributed by atoms with E-state index in [1.807, 2.05) is 30.3 Å². The van der Waals surface area contributed by atoms with Gasteiger partial charge in [0.25, 0.3) is 5.56 Å². The highest BCUT2D eigenvalue weighted by Crippen LogP contribution is 2.08. The third kappa shape index (κ3) is 3.12. The van der Waals surface area contributed by atoms with Crippen molar-refractivity contribution < 1.29 is 4.79 Å². The minimum atomic E-state index is -0.583. The molecule has 2 aromatic carbocycles. The minimum Gasteiger partial charge on any atom is -0.340 e. The Bertz CT molecular complexity index is 990. The molecule has 0 aliphatic carbocycles. The number of para-hydroxylation sites is 1. The summed E-state index contributed by atoms with van der Waals surface area (Å²) in [5.41, 5.74) is 0.428. The van der Waals surface area contributed by atoms with Gasteiger partial charge < -0.3 is 4.90 Å². The number of rotatable bonds is 4. The molecule has 0 atom stereocenters. The van der Waals surface area contributed by atoms with Gasteiger partial charge in [-0.05, 0) is 17.7 Å². The first-order chi connectivity index (χ1) is 11.6. The molecule has 0 aliphatic rings. The third-order valence-corrected chi connectivity index (χ3v) is 3.89. The Labute approximate surface area is 138 Å². The fourth-order valence-corrected chi connectivity index (χ4v) is 2.60. The third-order valence-electron chi connectivity index (χ3n) is 3.89. The van der Waals surface area contributed by atoms with E-state index < -0.39 is 11.2 Å². The number of aromatic nitrogens is 2. The number of H-pyrrole nitrogens is 1. The van der Waals surface area contributed by atoms with Crippen molar-refractivity contribution in [2.45, 2.75) is 13.1 Å². The first-order valence-corrected chi connectivity index (χ1v) is 7.56. The van der Waals surface area contributed by atoms with Crippen molar-refractivity contribution in [3.63, 3.8) is 0 Å². The Balaban J connectivity index is 1.88. The van der Waals surface area contributed by atoms with Crippen LogP contribution >= 0.6 is 0 Å². The molecule has 6 nitrogen and oxygen atoms in total. The van der Waals surface area contributed by atoms with E-state index >= 15 is 0 Å². The highest BCUT2D eigenvalue weighted by molar-refractivity contribution is 5.81. The van der Waals surface area contributed by atoms with Crippen LogP contribution in [0, 0.1) is 0 Å². The molecule has 122 valence electrons. The fraction of sp³-hybridized carbons (Fsp3) is 0.167. The summed E-state index contributed by atoms with van der Waals surface area (Å²) in [5.74, 6) is -0.210. The molecule has 0 bridgehead atoms. The van der Waals surface area contributed by atoms with Crippen LogP contribution in [0.5, 0.6) is 0 Å². The summed E-state index contributed by atoms with van der Waals surface area (Å²) < 4.78 is 1.29. The Hall–Kier alpha value is -3.15. The second-order valence-electron chi connectivity index (χ2n) is 5.60. The number of amides is 1. The van der Waals surface area contributed by atoms with Crippen LogP contribution < -0.4 is 11.2 Å². The van der Waals surface area contributed by atoms with Crippen LogP contribution in [0.1, 0.15) is 5.56 Å². The van der Waals surface area contributed by atoms with Crippen molar-refractivity contribution in [2.75, 3.05) is 7.05 Å². The van der Waals surface area contributed by atoms with Gasteiger partial charge in [-0.15, -0.1) is 0 Å². The van der Waals surface area contributed by atoms with E-state index in [1.54, 1.807) is 36.2 Å². The van der Waals surface area contributed by atoms with E-state index in [4.69, 9.17) is 0 Å². The Kier molecular flexibility index (Phi) is 4.29. The van der Waals surface area contributed by atoms with Crippen LogP contribution in [-0.4, -0.2) is 27.4 Å². The van der Waals surface area contributed by atoms with Crippen molar-refractivity contribution in [2.24, 2.45) is 0 Å². The summed E-state index contributed by atoms with van der Waals surface area (Å²) in [6.07, 6.45) is 0. The monoisotopic (exact) mass is 323 g/mol. The van der Waals surface area contributed by atoms with Gasteiger partial charge in [-0.25, -0.2) is 4.79 Å². The summed E-state index contributed by atoms with van der Waals surface area (Å²) in [7, 11) is 1.69. The number of likely N-dealkylation sites (N-methyl/N-ethyl adjacent to an activating group) is 1. The number of nitrogens with zero attached hydrogens (tertiary/aromatic N) is 2. The summed E-state index contributed by atoms with van der Waals surface area (Å²) in [4.78, 5) is 40.2. The molecule has 1 amide bonds. The molecule has 24 heavy (non-hydrogen) atoms. The first-order valence-electron chi connectivity index (χ1n) is 7.56. The van der Waals surface area contributed by atoms with Gasteiger partial charge in [0.15, 0.2) is 0 Å². The molecule has 3 rings (SSSR count). The zero-order chi connectivity index (χ0) is 17.1. The predicted molar refractivity (Wildman–Crippen MR) is 91.7 cm³/mol. The van der Waals surface area contributed by atoms with E-state index in [1.165, 1.54) is 4.57 Å². The molecule has 0 unspecified atom stereocenters. The van der Waals surface area contributed by atoms with Crippen molar-refractivity contribution in [3.05, 3.63) is 81.0 Å². The van der Waals surface area contributed by atoms with Crippen molar-refractivity contribution in [1.29, 1.82) is 0 Å². The van der Waals surface area contributed by atoms with Crippen molar-refractivity contribution in [1.82, 2.24) is 14.5 Å². The smallest absolute Gasteiger partial charge is 0.329 e. The molecule has 0 saturated heterocycles. The maximum Gasteiger partial charge on any atom is 0.329 e. The molecule has 0 saturated carbocycles. The van der Waals surface area contributed by atoms with Crippen LogP contribution in [0.25, 0.3) is 10.9 Å². The van der Waals surface area contributed by atoms with Gasteiger partial charge in [0.05, 0.1) is 10.9 Å². The van der Waals surface area contributed by atoms with Gasteiger partial charge in [0.1, 0.15) is 6.54 Å². The Morgan fingerprint density at radius 1 is 1.04 bits per heavy atom. The van der Waals surface area contributed by atoms with Crippen molar-refractivity contribution in [3.8, 4) is 0 Å². The lowest BCUT2D eigenvalue weighted by atomic mass is 10.2. The second kappa shape index (κ2) is 6.54. The molecular formula is C18H17N3O3. The molecule has 0 radical (unpaired) electrons. The molecule has 0 spiro atoms. The number of hydrogen-bond donors (Lipinski definition) is 1. The number of benzene rings is 2. The van der Waals surface area contributed by atoms with E-state index in [2.05, 4.69) is 4.98 Å². The van der Waals surface area contributed by atoms with Gasteiger partial charge in [-0.2, -0.15) is 0 Å². The van der Waals surface area contributed by atoms with Gasteiger partial charge in [0, 0.05) is 13.6 Å². The average molecular weight is 323 g/mol.